The van der Waals surface area contributed by atoms with E-state index in [2.05, 4.69) is 48.2 Å². The van der Waals surface area contributed by atoms with Gasteiger partial charge >= 0.3 is 0 Å². The number of nitro benzene ring substituents is 1. The van der Waals surface area contributed by atoms with Gasteiger partial charge in [-0.3, -0.25) is 15.0 Å². The van der Waals surface area contributed by atoms with Crippen LogP contribution in [-0.4, -0.2) is 47.5 Å². The van der Waals surface area contributed by atoms with E-state index < -0.39 is 4.92 Å². The molecule has 0 aliphatic rings. The molecule has 26 heavy (non-hydrogen) atoms. The smallest absolute Gasteiger partial charge is 0.269 e. The van der Waals surface area contributed by atoms with Crippen LogP contribution in [-0.2, 0) is 6.54 Å². The average Bonchev–Trinajstić information content (AvgIpc) is 2.59. The van der Waals surface area contributed by atoms with Gasteiger partial charge in [0.25, 0.3) is 5.69 Å². The largest absolute Gasteiger partial charge is 0.357 e. The molecule has 1 aromatic rings. The van der Waals surface area contributed by atoms with E-state index in [0.29, 0.717) is 18.6 Å². The number of nitrogens with one attached hydrogen (secondary N) is 2. The van der Waals surface area contributed by atoms with E-state index in [-0.39, 0.29) is 5.69 Å². The van der Waals surface area contributed by atoms with E-state index in [0.717, 1.165) is 37.6 Å². The molecule has 0 heterocycles. The first kappa shape index (κ1) is 21.9. The average molecular weight is 364 g/mol. The van der Waals surface area contributed by atoms with Crippen molar-refractivity contribution in [1.29, 1.82) is 0 Å². The summed E-state index contributed by atoms with van der Waals surface area (Å²) in [7, 11) is 0. The second-order valence-electron chi connectivity index (χ2n) is 6.82. The Kier molecular flexibility index (Phi) is 9.65. The van der Waals surface area contributed by atoms with E-state index in [9.17, 15) is 10.1 Å². The molecular weight excluding hydrogens is 330 g/mol. The van der Waals surface area contributed by atoms with Crippen molar-refractivity contribution in [3.63, 3.8) is 0 Å². The minimum atomic E-state index is -0.393. The fourth-order valence-corrected chi connectivity index (χ4v) is 2.82. The van der Waals surface area contributed by atoms with Crippen molar-refractivity contribution >= 4 is 11.6 Å². The third-order valence-corrected chi connectivity index (χ3v) is 4.12. The molecule has 0 amide bonds. The Balaban J connectivity index is 2.51. The Morgan fingerprint density at radius 3 is 2.27 bits per heavy atom. The van der Waals surface area contributed by atoms with Crippen molar-refractivity contribution < 1.29 is 4.92 Å². The van der Waals surface area contributed by atoms with Gasteiger partial charge in [-0.15, -0.1) is 0 Å². The van der Waals surface area contributed by atoms with E-state index in [4.69, 9.17) is 0 Å². The molecule has 7 heteroatoms. The summed E-state index contributed by atoms with van der Waals surface area (Å²) in [5.41, 5.74) is 1.04. The van der Waals surface area contributed by atoms with Gasteiger partial charge in [-0.25, -0.2) is 4.99 Å². The number of non-ortho nitro benzene ring substituents is 1. The zero-order valence-corrected chi connectivity index (χ0v) is 16.7. The van der Waals surface area contributed by atoms with E-state index in [1.54, 1.807) is 12.1 Å². The molecular formula is C19H33N5O2. The highest BCUT2D eigenvalue weighted by molar-refractivity contribution is 5.79. The third-order valence-electron chi connectivity index (χ3n) is 4.12. The van der Waals surface area contributed by atoms with E-state index in [1.807, 2.05) is 6.92 Å². The van der Waals surface area contributed by atoms with Gasteiger partial charge in [0.2, 0.25) is 0 Å². The number of nitrogens with zero attached hydrogens (tertiary/aromatic N) is 3. The number of rotatable bonds is 10. The Morgan fingerprint density at radius 2 is 1.77 bits per heavy atom. The molecule has 0 spiro atoms. The van der Waals surface area contributed by atoms with Crippen molar-refractivity contribution in [1.82, 2.24) is 15.5 Å². The van der Waals surface area contributed by atoms with Crippen LogP contribution in [0.3, 0.4) is 0 Å². The molecule has 0 fully saturated rings. The third kappa shape index (κ3) is 7.82. The standard InChI is InChI=1S/C19H33N5O2/c1-6-20-19(21-12-7-13-23(15(2)3)16(4)5)22-14-17-8-10-18(11-9-17)24(25)26/h8-11,15-16H,6-7,12-14H2,1-5H3,(H2,20,21,22). The molecule has 146 valence electrons. The maximum atomic E-state index is 10.7. The summed E-state index contributed by atoms with van der Waals surface area (Å²) in [6.45, 7) is 14.1. The van der Waals surface area contributed by atoms with E-state index >= 15 is 0 Å². The second-order valence-corrected chi connectivity index (χ2v) is 6.82. The zero-order valence-electron chi connectivity index (χ0n) is 16.7. The molecule has 0 aliphatic carbocycles. The van der Waals surface area contributed by atoms with Crippen LogP contribution in [0.5, 0.6) is 0 Å². The summed E-state index contributed by atoms with van der Waals surface area (Å²) in [6.07, 6.45) is 1.04. The Labute approximate surface area is 157 Å². The van der Waals surface area contributed by atoms with Crippen molar-refractivity contribution in [2.24, 2.45) is 4.99 Å². The van der Waals surface area contributed by atoms with Gasteiger partial charge < -0.3 is 10.6 Å². The first-order chi connectivity index (χ1) is 12.3. The van der Waals surface area contributed by atoms with Crippen molar-refractivity contribution in [2.75, 3.05) is 19.6 Å². The highest BCUT2D eigenvalue weighted by Crippen LogP contribution is 2.12. The quantitative estimate of drug-likeness (QED) is 0.219. The molecule has 0 saturated carbocycles. The number of aliphatic imine (C=N–C) groups is 1. The van der Waals surface area contributed by atoms with Gasteiger partial charge in [0.15, 0.2) is 5.96 Å². The predicted octanol–water partition coefficient (Wildman–Crippen LogP) is 3.16. The van der Waals surface area contributed by atoms with Crippen LogP contribution in [0.4, 0.5) is 5.69 Å². The van der Waals surface area contributed by atoms with Crippen LogP contribution in [0.2, 0.25) is 0 Å². The van der Waals surface area contributed by atoms with Crippen LogP contribution < -0.4 is 10.6 Å². The summed E-state index contributed by atoms with van der Waals surface area (Å²) < 4.78 is 0. The molecule has 1 rings (SSSR count). The molecule has 2 N–H and O–H groups in total. The molecule has 0 bridgehead atoms. The topological polar surface area (TPSA) is 82.8 Å². The van der Waals surface area contributed by atoms with Crippen LogP contribution >= 0.6 is 0 Å². The monoisotopic (exact) mass is 363 g/mol. The van der Waals surface area contributed by atoms with Gasteiger partial charge in [0, 0.05) is 43.9 Å². The zero-order chi connectivity index (χ0) is 19.5. The Morgan fingerprint density at radius 1 is 1.15 bits per heavy atom. The van der Waals surface area contributed by atoms with Gasteiger partial charge in [-0.05, 0) is 46.6 Å². The number of nitro groups is 1. The lowest BCUT2D eigenvalue weighted by Gasteiger charge is -2.30. The Bertz CT molecular complexity index is 562. The fourth-order valence-electron chi connectivity index (χ4n) is 2.82. The maximum absolute atomic E-state index is 10.7. The molecule has 0 atom stereocenters. The summed E-state index contributed by atoms with van der Waals surface area (Å²) in [6, 6.07) is 7.59. The van der Waals surface area contributed by atoms with E-state index in [1.165, 1.54) is 12.1 Å². The molecule has 1 aromatic carbocycles. The SMILES string of the molecule is CCNC(=NCc1ccc([N+](=O)[O-])cc1)NCCCN(C(C)C)C(C)C. The minimum Gasteiger partial charge on any atom is -0.357 e. The first-order valence-electron chi connectivity index (χ1n) is 9.36. The maximum Gasteiger partial charge on any atom is 0.269 e. The lowest BCUT2D eigenvalue weighted by atomic mass is 10.2. The Hall–Kier alpha value is -2.15. The van der Waals surface area contributed by atoms with Crippen molar-refractivity contribution in [3.05, 3.63) is 39.9 Å². The normalized spacial score (nSPS) is 12.1. The predicted molar refractivity (Wildman–Crippen MR) is 108 cm³/mol. The van der Waals surface area contributed by atoms with Crippen LogP contribution in [0, 0.1) is 10.1 Å². The van der Waals surface area contributed by atoms with Crippen LogP contribution in [0.1, 0.15) is 46.6 Å². The second kappa shape index (κ2) is 11.5. The van der Waals surface area contributed by atoms with Gasteiger partial charge in [-0.1, -0.05) is 12.1 Å². The fraction of sp³-hybridized carbons (Fsp3) is 0.632. The number of benzene rings is 1. The van der Waals surface area contributed by atoms with Crippen molar-refractivity contribution in [3.8, 4) is 0 Å². The molecule has 0 unspecified atom stereocenters. The molecule has 0 aliphatic heterocycles. The molecule has 7 nitrogen and oxygen atoms in total. The number of hydrogen-bond donors (Lipinski definition) is 2. The summed E-state index contributed by atoms with van der Waals surface area (Å²) in [5, 5.41) is 17.3. The van der Waals surface area contributed by atoms with Gasteiger partial charge in [0.1, 0.15) is 0 Å². The molecule has 0 saturated heterocycles. The number of hydrogen-bond acceptors (Lipinski definition) is 4. The van der Waals surface area contributed by atoms with Crippen LogP contribution in [0.15, 0.2) is 29.3 Å². The summed E-state index contributed by atoms with van der Waals surface area (Å²) >= 11 is 0. The molecule has 0 aromatic heterocycles. The summed E-state index contributed by atoms with van der Waals surface area (Å²) in [4.78, 5) is 17.3. The molecule has 0 radical (unpaired) electrons. The lowest BCUT2D eigenvalue weighted by Crippen LogP contribution is -2.41. The highest BCUT2D eigenvalue weighted by atomic mass is 16.6. The van der Waals surface area contributed by atoms with Crippen LogP contribution in [0.25, 0.3) is 0 Å². The highest BCUT2D eigenvalue weighted by Gasteiger charge is 2.12. The van der Waals surface area contributed by atoms with Crippen molar-refractivity contribution in [2.45, 2.75) is 59.7 Å². The summed E-state index contributed by atoms with van der Waals surface area (Å²) in [5.74, 6) is 0.770. The minimum absolute atomic E-state index is 0.0996. The first-order valence-corrected chi connectivity index (χ1v) is 9.36. The number of guanidine groups is 1. The lowest BCUT2D eigenvalue weighted by molar-refractivity contribution is -0.384. The van der Waals surface area contributed by atoms with Gasteiger partial charge in [-0.2, -0.15) is 0 Å². The van der Waals surface area contributed by atoms with Gasteiger partial charge in [0.05, 0.1) is 11.5 Å².